The Hall–Kier alpha value is -2.08. The molecule has 116 valence electrons. The molecule has 0 atom stereocenters. The lowest BCUT2D eigenvalue weighted by molar-refractivity contribution is 0.0962. The molecule has 0 bridgehead atoms. The summed E-state index contributed by atoms with van der Waals surface area (Å²) in [5.41, 5.74) is 6.19. The minimum Gasteiger partial charge on any atom is -0.384 e. The zero-order valence-corrected chi connectivity index (χ0v) is 13.0. The third-order valence-electron chi connectivity index (χ3n) is 4.20. The summed E-state index contributed by atoms with van der Waals surface area (Å²) < 4.78 is 1.81. The van der Waals surface area contributed by atoms with Crippen LogP contribution in [-0.2, 0) is 0 Å². The number of nitrogen functional groups attached to an aromatic ring is 1. The maximum atomic E-state index is 12.6. The number of nitrogens with zero attached hydrogens (tertiary/aromatic N) is 2. The molecule has 1 aliphatic carbocycles. The second kappa shape index (κ2) is 5.61. The predicted octanol–water partition coefficient (Wildman–Crippen LogP) is 2.11. The van der Waals surface area contributed by atoms with Crippen molar-refractivity contribution in [3.05, 3.63) is 33.1 Å². The summed E-state index contributed by atoms with van der Waals surface area (Å²) in [5.74, 6) is -0.315. The van der Waals surface area contributed by atoms with E-state index in [2.05, 4.69) is 10.3 Å². The van der Waals surface area contributed by atoms with E-state index in [1.165, 1.54) is 7.05 Å². The van der Waals surface area contributed by atoms with Crippen LogP contribution in [0.3, 0.4) is 0 Å². The van der Waals surface area contributed by atoms with E-state index in [0.29, 0.717) is 16.2 Å². The Labute approximate surface area is 132 Å². The van der Waals surface area contributed by atoms with Gasteiger partial charge in [-0.3, -0.25) is 9.59 Å². The van der Waals surface area contributed by atoms with Gasteiger partial charge in [-0.25, -0.2) is 4.98 Å². The van der Waals surface area contributed by atoms with E-state index in [-0.39, 0.29) is 17.4 Å². The molecule has 1 saturated carbocycles. The van der Waals surface area contributed by atoms with Crippen LogP contribution >= 0.6 is 11.6 Å². The van der Waals surface area contributed by atoms with E-state index in [1.807, 2.05) is 0 Å². The van der Waals surface area contributed by atoms with E-state index >= 15 is 0 Å². The van der Waals surface area contributed by atoms with Crippen LogP contribution in [0.15, 0.2) is 16.9 Å². The maximum absolute atomic E-state index is 12.6. The van der Waals surface area contributed by atoms with E-state index in [1.54, 1.807) is 16.7 Å². The van der Waals surface area contributed by atoms with Crippen molar-refractivity contribution in [1.29, 1.82) is 0 Å². The van der Waals surface area contributed by atoms with Crippen LogP contribution in [0.1, 0.15) is 42.1 Å². The highest BCUT2D eigenvalue weighted by Crippen LogP contribution is 2.34. The van der Waals surface area contributed by atoms with Crippen LogP contribution in [0.2, 0.25) is 5.15 Å². The van der Waals surface area contributed by atoms with Crippen molar-refractivity contribution in [3.8, 4) is 0 Å². The number of carbonyl (C=O) groups is 1. The van der Waals surface area contributed by atoms with Gasteiger partial charge in [0.25, 0.3) is 5.91 Å². The van der Waals surface area contributed by atoms with Gasteiger partial charge >= 0.3 is 0 Å². The Bertz CT molecular complexity index is 809. The molecular formula is C15H17ClN4O2. The number of hydrogen-bond donors (Lipinski definition) is 2. The Morgan fingerprint density at radius 2 is 2.09 bits per heavy atom. The fraction of sp³-hybridized carbons (Fsp3) is 0.400. The van der Waals surface area contributed by atoms with Crippen molar-refractivity contribution in [2.45, 2.75) is 31.7 Å². The first-order valence-corrected chi connectivity index (χ1v) is 7.64. The van der Waals surface area contributed by atoms with Gasteiger partial charge in [-0.15, -0.1) is 0 Å². The van der Waals surface area contributed by atoms with Crippen molar-refractivity contribution in [2.75, 3.05) is 12.8 Å². The summed E-state index contributed by atoms with van der Waals surface area (Å²) in [6.45, 7) is 0. The molecule has 2 aromatic heterocycles. The standard InChI is InChI=1S/C15H17ClN4O2/c1-18-15(22)11-12(21)9-6-7-10(16)19-14(9)20(13(11)17)8-4-2-3-5-8/h6-8H,2-5,17H2,1H3,(H,18,22). The molecule has 7 heteroatoms. The van der Waals surface area contributed by atoms with Gasteiger partial charge in [0.15, 0.2) is 0 Å². The molecule has 2 aromatic rings. The lowest BCUT2D eigenvalue weighted by Crippen LogP contribution is -2.30. The highest BCUT2D eigenvalue weighted by molar-refractivity contribution is 6.29. The zero-order chi connectivity index (χ0) is 15.9. The van der Waals surface area contributed by atoms with E-state index in [4.69, 9.17) is 17.3 Å². The minimum atomic E-state index is -0.480. The molecule has 2 heterocycles. The van der Waals surface area contributed by atoms with Gasteiger partial charge in [0.1, 0.15) is 22.2 Å². The fourth-order valence-electron chi connectivity index (χ4n) is 3.15. The van der Waals surface area contributed by atoms with Crippen LogP contribution in [0.5, 0.6) is 0 Å². The third-order valence-corrected chi connectivity index (χ3v) is 4.41. The summed E-state index contributed by atoms with van der Waals surface area (Å²) in [6.07, 6.45) is 4.08. The summed E-state index contributed by atoms with van der Waals surface area (Å²) in [7, 11) is 1.48. The summed E-state index contributed by atoms with van der Waals surface area (Å²) in [6, 6.07) is 3.29. The number of nitrogens with one attached hydrogen (secondary N) is 1. The highest BCUT2D eigenvalue weighted by atomic mass is 35.5. The molecule has 0 spiro atoms. The first-order valence-electron chi connectivity index (χ1n) is 7.27. The zero-order valence-electron chi connectivity index (χ0n) is 12.2. The number of amides is 1. The van der Waals surface area contributed by atoms with Gasteiger partial charge in [-0.1, -0.05) is 24.4 Å². The number of anilines is 1. The van der Waals surface area contributed by atoms with Crippen LogP contribution < -0.4 is 16.5 Å². The molecule has 0 unspecified atom stereocenters. The van der Waals surface area contributed by atoms with Crippen LogP contribution in [0.25, 0.3) is 11.0 Å². The number of pyridine rings is 2. The van der Waals surface area contributed by atoms with Crippen LogP contribution in [0, 0.1) is 0 Å². The monoisotopic (exact) mass is 320 g/mol. The van der Waals surface area contributed by atoms with Crippen LogP contribution in [0.4, 0.5) is 5.82 Å². The molecule has 1 fully saturated rings. The topological polar surface area (TPSA) is 90.0 Å². The van der Waals surface area contributed by atoms with Gasteiger partial charge in [0.2, 0.25) is 5.43 Å². The Morgan fingerprint density at radius 1 is 1.41 bits per heavy atom. The normalized spacial score (nSPS) is 15.4. The molecule has 6 nitrogen and oxygen atoms in total. The predicted molar refractivity (Wildman–Crippen MR) is 86.3 cm³/mol. The lowest BCUT2D eigenvalue weighted by Gasteiger charge is -2.21. The first-order chi connectivity index (χ1) is 10.5. The molecule has 0 saturated heterocycles. The largest absolute Gasteiger partial charge is 0.384 e. The summed E-state index contributed by atoms with van der Waals surface area (Å²) in [5, 5.41) is 3.14. The Balaban J connectivity index is 2.41. The van der Waals surface area contributed by atoms with Gasteiger partial charge in [0, 0.05) is 13.1 Å². The SMILES string of the molecule is CNC(=O)c1c(N)n(C2CCCC2)c2nc(Cl)ccc2c1=O. The first kappa shape index (κ1) is 14.8. The summed E-state index contributed by atoms with van der Waals surface area (Å²) in [4.78, 5) is 29.0. The van der Waals surface area contributed by atoms with Gasteiger partial charge < -0.3 is 15.6 Å². The van der Waals surface area contributed by atoms with Gasteiger partial charge in [0.05, 0.1) is 5.39 Å². The number of halogens is 1. The molecule has 3 rings (SSSR count). The molecule has 0 aromatic carbocycles. The molecular weight excluding hydrogens is 304 g/mol. The highest BCUT2D eigenvalue weighted by Gasteiger charge is 2.26. The molecule has 1 aliphatic rings. The maximum Gasteiger partial charge on any atom is 0.258 e. The average molecular weight is 321 g/mol. The van der Waals surface area contributed by atoms with E-state index in [0.717, 1.165) is 25.7 Å². The second-order valence-electron chi connectivity index (χ2n) is 5.48. The third kappa shape index (κ3) is 2.23. The number of carbonyl (C=O) groups excluding carboxylic acids is 1. The minimum absolute atomic E-state index is 0.0222. The van der Waals surface area contributed by atoms with Crippen molar-refractivity contribution < 1.29 is 4.79 Å². The smallest absolute Gasteiger partial charge is 0.258 e. The van der Waals surface area contributed by atoms with Gasteiger partial charge in [-0.05, 0) is 25.0 Å². The number of rotatable bonds is 2. The molecule has 0 radical (unpaired) electrons. The quantitative estimate of drug-likeness (QED) is 0.829. The number of nitrogens with two attached hydrogens (primary N) is 1. The Morgan fingerprint density at radius 3 is 2.73 bits per heavy atom. The second-order valence-corrected chi connectivity index (χ2v) is 5.87. The lowest BCUT2D eigenvalue weighted by atomic mass is 10.1. The number of fused-ring (bicyclic) bond motifs is 1. The van der Waals surface area contributed by atoms with Crippen molar-refractivity contribution in [2.24, 2.45) is 0 Å². The Kier molecular flexibility index (Phi) is 3.78. The molecule has 3 N–H and O–H groups in total. The molecule has 0 aliphatic heterocycles. The van der Waals surface area contributed by atoms with Crippen LogP contribution in [-0.4, -0.2) is 22.5 Å². The van der Waals surface area contributed by atoms with Crippen molar-refractivity contribution in [3.63, 3.8) is 0 Å². The van der Waals surface area contributed by atoms with E-state index in [9.17, 15) is 9.59 Å². The number of aromatic nitrogens is 2. The molecule has 1 amide bonds. The van der Waals surface area contributed by atoms with Crippen molar-refractivity contribution in [1.82, 2.24) is 14.9 Å². The fourth-order valence-corrected chi connectivity index (χ4v) is 3.29. The van der Waals surface area contributed by atoms with Gasteiger partial charge in [-0.2, -0.15) is 0 Å². The number of hydrogen-bond acceptors (Lipinski definition) is 4. The average Bonchev–Trinajstić information content (AvgIpc) is 3.00. The van der Waals surface area contributed by atoms with E-state index < -0.39 is 11.3 Å². The molecule has 22 heavy (non-hydrogen) atoms. The van der Waals surface area contributed by atoms with Crippen molar-refractivity contribution >= 4 is 34.4 Å². The summed E-state index contributed by atoms with van der Waals surface area (Å²) >= 11 is 5.99.